The molecule has 2 N–H and O–H groups in total. The van der Waals surface area contributed by atoms with E-state index in [1.807, 2.05) is 0 Å². The third-order valence-corrected chi connectivity index (χ3v) is 4.64. The zero-order chi connectivity index (χ0) is 20.5. The molecule has 4 rings (SSSR count). The highest BCUT2D eigenvalue weighted by Gasteiger charge is 2.24. The van der Waals surface area contributed by atoms with E-state index in [9.17, 15) is 18.4 Å². The zero-order valence-electron chi connectivity index (χ0n) is 15.3. The number of pyridine rings is 1. The average molecular weight is 394 g/mol. The van der Waals surface area contributed by atoms with Crippen LogP contribution in [0.4, 0.5) is 8.78 Å². The van der Waals surface area contributed by atoms with Crippen molar-refractivity contribution in [1.29, 1.82) is 0 Å². The molecule has 0 radical (unpaired) electrons. The number of nitrogens with zero attached hydrogens (tertiary/aromatic N) is 2. The molecule has 4 aromatic rings. The van der Waals surface area contributed by atoms with Gasteiger partial charge in [0.2, 0.25) is 0 Å². The number of aromatic amines is 1. The molecule has 1 atom stereocenters. The molecule has 146 valence electrons. The molecule has 2 aromatic heterocycles. The van der Waals surface area contributed by atoms with Crippen molar-refractivity contribution in [3.63, 3.8) is 0 Å². The van der Waals surface area contributed by atoms with E-state index in [0.29, 0.717) is 5.52 Å². The van der Waals surface area contributed by atoms with Gasteiger partial charge in [-0.05, 0) is 24.3 Å². The lowest BCUT2D eigenvalue weighted by molar-refractivity contribution is 0.0942. The van der Waals surface area contributed by atoms with Gasteiger partial charge in [0.15, 0.2) is 5.43 Å². The van der Waals surface area contributed by atoms with Crippen LogP contribution in [0.25, 0.3) is 10.9 Å². The molecule has 0 saturated carbocycles. The average Bonchev–Trinajstić information content (AvgIpc) is 3.14. The quantitative estimate of drug-likeness (QED) is 0.558. The molecule has 0 spiro atoms. The molecule has 1 amide bonds. The molecule has 0 bridgehead atoms. The van der Waals surface area contributed by atoms with Gasteiger partial charge in [0.05, 0.1) is 23.3 Å². The number of amides is 1. The van der Waals surface area contributed by atoms with Gasteiger partial charge in [-0.1, -0.05) is 18.2 Å². The Kier molecular flexibility index (Phi) is 4.67. The summed E-state index contributed by atoms with van der Waals surface area (Å²) < 4.78 is 29.5. The fourth-order valence-electron chi connectivity index (χ4n) is 3.21. The summed E-state index contributed by atoms with van der Waals surface area (Å²) in [6.07, 6.45) is 4.26. The summed E-state index contributed by atoms with van der Waals surface area (Å²) in [6, 6.07) is 8.57. The highest BCUT2D eigenvalue weighted by Crippen LogP contribution is 2.24. The third kappa shape index (κ3) is 3.52. The summed E-state index contributed by atoms with van der Waals surface area (Å²) in [5.41, 5.74) is 0.416. The molecular formula is C21H16F2N4O2. The van der Waals surface area contributed by atoms with Crippen molar-refractivity contribution in [2.75, 3.05) is 0 Å². The molecule has 0 aliphatic carbocycles. The normalized spacial score (nSPS) is 12.1. The molecule has 1 unspecified atom stereocenters. The largest absolute Gasteiger partial charge is 0.360 e. The lowest BCUT2D eigenvalue weighted by Gasteiger charge is -2.20. The number of benzene rings is 2. The first-order chi connectivity index (χ1) is 13.9. The predicted molar refractivity (Wildman–Crippen MR) is 103 cm³/mol. The first-order valence-corrected chi connectivity index (χ1v) is 8.79. The maximum Gasteiger partial charge on any atom is 0.255 e. The Hall–Kier alpha value is -3.81. The van der Waals surface area contributed by atoms with Crippen LogP contribution in [0.3, 0.4) is 0 Å². The Labute approximate surface area is 163 Å². The second kappa shape index (κ2) is 7.31. The lowest BCUT2D eigenvalue weighted by atomic mass is 9.97. The van der Waals surface area contributed by atoms with Gasteiger partial charge in [0.1, 0.15) is 11.6 Å². The van der Waals surface area contributed by atoms with Crippen LogP contribution in [-0.2, 0) is 7.05 Å². The van der Waals surface area contributed by atoms with Crippen molar-refractivity contribution in [3.8, 4) is 0 Å². The van der Waals surface area contributed by atoms with Crippen LogP contribution in [-0.4, -0.2) is 20.7 Å². The van der Waals surface area contributed by atoms with E-state index < -0.39 is 29.0 Å². The smallest absolute Gasteiger partial charge is 0.255 e. The molecular weight excluding hydrogens is 378 g/mol. The minimum atomic E-state index is -1.05. The predicted octanol–water partition coefficient (Wildman–Crippen LogP) is 3.06. The van der Waals surface area contributed by atoms with Gasteiger partial charge in [-0.25, -0.2) is 8.78 Å². The number of aromatic nitrogens is 3. The number of hydrogen-bond donors (Lipinski definition) is 2. The number of halogens is 2. The second-order valence-electron chi connectivity index (χ2n) is 6.59. The first kappa shape index (κ1) is 18.5. The Morgan fingerprint density at radius 2 is 1.97 bits per heavy atom. The molecule has 0 aliphatic heterocycles. The number of nitrogens with one attached hydrogen (secondary N) is 2. The van der Waals surface area contributed by atoms with Gasteiger partial charge in [0.25, 0.3) is 5.91 Å². The Bertz CT molecular complexity index is 1280. The van der Waals surface area contributed by atoms with Crippen LogP contribution in [0.15, 0.2) is 65.8 Å². The summed E-state index contributed by atoms with van der Waals surface area (Å²) in [5.74, 6) is -1.57. The lowest BCUT2D eigenvalue weighted by Crippen LogP contribution is -2.33. The van der Waals surface area contributed by atoms with Crippen LogP contribution < -0.4 is 10.7 Å². The van der Waals surface area contributed by atoms with Gasteiger partial charge in [-0.3, -0.25) is 14.3 Å². The number of carbonyl (C=O) groups is 1. The van der Waals surface area contributed by atoms with Crippen molar-refractivity contribution in [2.45, 2.75) is 6.04 Å². The summed E-state index contributed by atoms with van der Waals surface area (Å²) in [4.78, 5) is 28.6. The van der Waals surface area contributed by atoms with Crippen molar-refractivity contribution < 1.29 is 13.6 Å². The van der Waals surface area contributed by atoms with Gasteiger partial charge >= 0.3 is 0 Å². The van der Waals surface area contributed by atoms with Crippen LogP contribution in [0.1, 0.15) is 27.5 Å². The highest BCUT2D eigenvalue weighted by molar-refractivity contribution is 5.94. The van der Waals surface area contributed by atoms with Gasteiger partial charge in [-0.2, -0.15) is 5.10 Å². The van der Waals surface area contributed by atoms with E-state index in [1.165, 1.54) is 59.7 Å². The van der Waals surface area contributed by atoms with Crippen LogP contribution in [0.5, 0.6) is 0 Å². The fraction of sp³-hybridized carbons (Fsp3) is 0.0952. The molecule has 0 fully saturated rings. The van der Waals surface area contributed by atoms with Gasteiger partial charge in [-0.15, -0.1) is 0 Å². The minimum Gasteiger partial charge on any atom is -0.360 e. The van der Waals surface area contributed by atoms with E-state index in [4.69, 9.17) is 0 Å². The summed E-state index contributed by atoms with van der Waals surface area (Å²) in [6.45, 7) is 0. The van der Waals surface area contributed by atoms with E-state index >= 15 is 0 Å². The number of hydrogen-bond acceptors (Lipinski definition) is 3. The standard InChI is InChI=1S/C21H16F2N4O2/c1-27-11-12(9-25-27)21(29)26-19(14-4-2-3-5-17(14)23)16-10-24-18-8-13(22)6-7-15(18)20(16)28/h2-11,19H,1H3,(H,24,28)(H,26,29). The van der Waals surface area contributed by atoms with Crippen LogP contribution in [0.2, 0.25) is 0 Å². The Morgan fingerprint density at radius 3 is 2.69 bits per heavy atom. The molecule has 2 aromatic carbocycles. The minimum absolute atomic E-state index is 0.131. The number of aryl methyl sites for hydroxylation is 1. The van der Waals surface area contributed by atoms with Crippen LogP contribution in [0, 0.1) is 11.6 Å². The molecule has 8 heteroatoms. The third-order valence-electron chi connectivity index (χ3n) is 4.64. The van der Waals surface area contributed by atoms with Crippen LogP contribution >= 0.6 is 0 Å². The van der Waals surface area contributed by atoms with E-state index in [0.717, 1.165) is 0 Å². The molecule has 6 nitrogen and oxygen atoms in total. The van der Waals surface area contributed by atoms with E-state index in [-0.39, 0.29) is 22.1 Å². The summed E-state index contributed by atoms with van der Waals surface area (Å²) >= 11 is 0. The van der Waals surface area contributed by atoms with Gasteiger partial charge in [0, 0.05) is 36.0 Å². The maximum absolute atomic E-state index is 14.6. The molecule has 2 heterocycles. The molecule has 0 aliphatic rings. The summed E-state index contributed by atoms with van der Waals surface area (Å²) in [5, 5.41) is 6.90. The number of carbonyl (C=O) groups excluding carboxylic acids is 1. The number of rotatable bonds is 4. The maximum atomic E-state index is 14.6. The van der Waals surface area contributed by atoms with Crippen molar-refractivity contribution >= 4 is 16.8 Å². The van der Waals surface area contributed by atoms with Gasteiger partial charge < -0.3 is 10.3 Å². The first-order valence-electron chi connectivity index (χ1n) is 8.79. The second-order valence-corrected chi connectivity index (χ2v) is 6.59. The van der Waals surface area contributed by atoms with Crippen molar-refractivity contribution in [2.24, 2.45) is 7.05 Å². The zero-order valence-corrected chi connectivity index (χ0v) is 15.3. The monoisotopic (exact) mass is 394 g/mol. The van der Waals surface area contributed by atoms with E-state index in [1.54, 1.807) is 13.1 Å². The SMILES string of the molecule is Cn1cc(C(=O)NC(c2ccccc2F)c2c[nH]c3cc(F)ccc3c2=O)cn1. The van der Waals surface area contributed by atoms with Crippen molar-refractivity contribution in [3.05, 3.63) is 99.6 Å². The summed E-state index contributed by atoms with van der Waals surface area (Å²) in [7, 11) is 1.66. The van der Waals surface area contributed by atoms with Crippen molar-refractivity contribution in [1.82, 2.24) is 20.1 Å². The topological polar surface area (TPSA) is 79.8 Å². The highest BCUT2D eigenvalue weighted by atomic mass is 19.1. The molecule has 29 heavy (non-hydrogen) atoms. The Morgan fingerprint density at radius 1 is 1.17 bits per heavy atom. The number of H-pyrrole nitrogens is 1. The number of fused-ring (bicyclic) bond motifs is 1. The fourth-order valence-corrected chi connectivity index (χ4v) is 3.21. The molecule has 0 saturated heterocycles. The Balaban J connectivity index is 1.84. The van der Waals surface area contributed by atoms with E-state index in [2.05, 4.69) is 15.4 Å².